The van der Waals surface area contributed by atoms with E-state index in [4.69, 9.17) is 0 Å². The molecule has 3 heterocycles. The van der Waals surface area contributed by atoms with Crippen molar-refractivity contribution in [1.29, 1.82) is 0 Å². The molecule has 0 saturated carbocycles. The van der Waals surface area contributed by atoms with Gasteiger partial charge >= 0.3 is 0 Å². The van der Waals surface area contributed by atoms with Crippen LogP contribution in [0.4, 0.5) is 0 Å². The Bertz CT molecular complexity index is 1100. The Hall–Kier alpha value is -3.23. The largest absolute Gasteiger partial charge is 0.339 e. The first-order chi connectivity index (χ1) is 15.8. The lowest BCUT2D eigenvalue weighted by atomic mass is 9.96. The van der Waals surface area contributed by atoms with Crippen LogP contribution in [0.25, 0.3) is 5.78 Å². The van der Waals surface area contributed by atoms with Crippen LogP contribution in [0, 0.1) is 0 Å². The zero-order valence-corrected chi connectivity index (χ0v) is 18.4. The van der Waals surface area contributed by atoms with Crippen LogP contribution in [0.3, 0.4) is 0 Å². The lowest BCUT2D eigenvalue weighted by Gasteiger charge is -2.39. The van der Waals surface area contributed by atoms with Crippen LogP contribution < -0.4 is 0 Å². The van der Waals surface area contributed by atoms with Gasteiger partial charge < -0.3 is 4.90 Å². The van der Waals surface area contributed by atoms with E-state index in [1.54, 1.807) is 23.0 Å². The van der Waals surface area contributed by atoms with Crippen LogP contribution in [-0.2, 0) is 4.79 Å². The third kappa shape index (κ3) is 4.51. The van der Waals surface area contributed by atoms with Crippen LogP contribution >= 0.6 is 11.8 Å². The third-order valence-corrected chi connectivity index (χ3v) is 6.51. The van der Waals surface area contributed by atoms with E-state index in [0.29, 0.717) is 16.7 Å². The molecule has 1 amide bonds. The van der Waals surface area contributed by atoms with Gasteiger partial charge in [0.2, 0.25) is 11.1 Å². The van der Waals surface area contributed by atoms with Crippen molar-refractivity contribution in [3.63, 3.8) is 0 Å². The molecule has 8 heteroatoms. The van der Waals surface area contributed by atoms with Crippen LogP contribution in [0.1, 0.15) is 17.2 Å². The SMILES string of the molecule is O=C(CSc1nc2ncccn2n1)N1CCN(C(c2ccccc2)c2ccccc2)CC1. The average molecular weight is 445 g/mol. The Morgan fingerprint density at radius 2 is 1.56 bits per heavy atom. The second kappa shape index (κ2) is 9.50. The lowest BCUT2D eigenvalue weighted by Crippen LogP contribution is -2.50. The highest BCUT2D eigenvalue weighted by Gasteiger charge is 2.28. The zero-order valence-electron chi connectivity index (χ0n) is 17.6. The number of rotatable bonds is 6. The normalized spacial score (nSPS) is 14.8. The standard InChI is InChI=1S/C24H24N6OS/c31-21(18-32-24-26-23-25-12-7-13-30(23)27-24)28-14-16-29(17-15-28)22(19-8-3-1-4-9-19)20-10-5-2-6-11-20/h1-13,22H,14-18H2. The van der Waals surface area contributed by atoms with Gasteiger partial charge in [-0.25, -0.2) is 9.50 Å². The quantitative estimate of drug-likeness (QED) is 0.426. The molecule has 1 aliphatic heterocycles. The number of thioether (sulfide) groups is 1. The number of nitrogens with zero attached hydrogens (tertiary/aromatic N) is 6. The summed E-state index contributed by atoms with van der Waals surface area (Å²) in [7, 11) is 0. The van der Waals surface area contributed by atoms with Gasteiger partial charge in [-0.3, -0.25) is 9.69 Å². The predicted octanol–water partition coefficient (Wildman–Crippen LogP) is 3.15. The first kappa shape index (κ1) is 20.7. The van der Waals surface area contributed by atoms with E-state index in [1.165, 1.54) is 22.9 Å². The van der Waals surface area contributed by atoms with Crippen molar-refractivity contribution in [1.82, 2.24) is 29.4 Å². The summed E-state index contributed by atoms with van der Waals surface area (Å²) in [6, 6.07) is 23.2. The molecule has 0 N–H and O–H groups in total. The van der Waals surface area contributed by atoms with Gasteiger partial charge in [0, 0.05) is 38.6 Å². The van der Waals surface area contributed by atoms with Crippen LogP contribution in [-0.4, -0.2) is 67.2 Å². The molecule has 32 heavy (non-hydrogen) atoms. The van der Waals surface area contributed by atoms with E-state index in [1.807, 2.05) is 17.0 Å². The smallest absolute Gasteiger partial charge is 0.253 e. The molecule has 1 fully saturated rings. The molecule has 4 aromatic rings. The van der Waals surface area contributed by atoms with E-state index in [9.17, 15) is 4.79 Å². The lowest BCUT2D eigenvalue weighted by molar-refractivity contribution is -0.130. The minimum Gasteiger partial charge on any atom is -0.339 e. The van der Waals surface area contributed by atoms with E-state index < -0.39 is 0 Å². The Morgan fingerprint density at radius 3 is 2.19 bits per heavy atom. The number of carbonyl (C=O) groups excluding carboxylic acids is 1. The molecule has 0 unspecified atom stereocenters. The maximum Gasteiger partial charge on any atom is 0.253 e. The van der Waals surface area contributed by atoms with E-state index >= 15 is 0 Å². The summed E-state index contributed by atoms with van der Waals surface area (Å²) in [6.45, 7) is 3.11. The number of benzene rings is 2. The fourth-order valence-corrected chi connectivity index (χ4v) is 4.83. The summed E-state index contributed by atoms with van der Waals surface area (Å²) in [4.78, 5) is 25.8. The van der Waals surface area contributed by atoms with Gasteiger partial charge in [0.1, 0.15) is 0 Å². The Kier molecular flexibility index (Phi) is 6.13. The number of hydrogen-bond acceptors (Lipinski definition) is 6. The van der Waals surface area contributed by atoms with Gasteiger partial charge in [-0.2, -0.15) is 4.98 Å². The minimum atomic E-state index is 0.123. The van der Waals surface area contributed by atoms with Gasteiger partial charge in [0.05, 0.1) is 11.8 Å². The molecule has 2 aromatic carbocycles. The number of piperazine rings is 1. The second-order valence-corrected chi connectivity index (χ2v) is 8.63. The van der Waals surface area contributed by atoms with E-state index in [-0.39, 0.29) is 11.9 Å². The van der Waals surface area contributed by atoms with Gasteiger partial charge in [0.25, 0.3) is 5.78 Å². The van der Waals surface area contributed by atoms with Crippen LogP contribution in [0.5, 0.6) is 0 Å². The fourth-order valence-electron chi connectivity index (χ4n) is 4.11. The van der Waals surface area contributed by atoms with Crippen molar-refractivity contribution in [2.75, 3.05) is 31.9 Å². The summed E-state index contributed by atoms with van der Waals surface area (Å²) >= 11 is 1.36. The summed E-state index contributed by atoms with van der Waals surface area (Å²) in [5.74, 6) is 0.999. The molecule has 1 saturated heterocycles. The number of amides is 1. The second-order valence-electron chi connectivity index (χ2n) is 7.69. The molecule has 0 spiro atoms. The molecule has 0 bridgehead atoms. The van der Waals surface area contributed by atoms with Crippen molar-refractivity contribution >= 4 is 23.4 Å². The van der Waals surface area contributed by atoms with Crippen LogP contribution in [0.15, 0.2) is 84.3 Å². The predicted molar refractivity (Wildman–Crippen MR) is 124 cm³/mol. The first-order valence-corrected chi connectivity index (χ1v) is 11.7. The molecule has 2 aromatic heterocycles. The van der Waals surface area contributed by atoms with Crippen molar-refractivity contribution in [2.24, 2.45) is 0 Å². The molecular formula is C24H24N6OS. The highest BCUT2D eigenvalue weighted by Crippen LogP contribution is 2.29. The highest BCUT2D eigenvalue weighted by atomic mass is 32.2. The first-order valence-electron chi connectivity index (χ1n) is 10.7. The molecule has 0 radical (unpaired) electrons. The summed E-state index contributed by atoms with van der Waals surface area (Å²) in [6.07, 6.45) is 3.48. The molecular weight excluding hydrogens is 420 g/mol. The summed E-state index contributed by atoms with van der Waals surface area (Å²) < 4.78 is 1.62. The maximum atomic E-state index is 12.8. The van der Waals surface area contributed by atoms with Crippen LogP contribution in [0.2, 0.25) is 0 Å². The zero-order chi connectivity index (χ0) is 21.8. The monoisotopic (exact) mass is 444 g/mol. The molecule has 5 rings (SSSR count). The summed E-state index contributed by atoms with van der Waals surface area (Å²) in [5, 5.41) is 4.93. The van der Waals surface area contributed by atoms with Crippen molar-refractivity contribution < 1.29 is 4.79 Å². The third-order valence-electron chi connectivity index (χ3n) is 5.68. The van der Waals surface area contributed by atoms with Crippen molar-refractivity contribution in [3.8, 4) is 0 Å². The molecule has 162 valence electrons. The minimum absolute atomic E-state index is 0.123. The van der Waals surface area contributed by atoms with Gasteiger partial charge in [-0.1, -0.05) is 72.4 Å². The number of carbonyl (C=O) groups is 1. The van der Waals surface area contributed by atoms with Gasteiger partial charge in [0.15, 0.2) is 0 Å². The number of hydrogen-bond donors (Lipinski definition) is 0. The Balaban J connectivity index is 1.22. The van der Waals surface area contributed by atoms with E-state index in [2.05, 4.69) is 68.5 Å². The topological polar surface area (TPSA) is 66.6 Å². The van der Waals surface area contributed by atoms with Gasteiger partial charge in [-0.05, 0) is 17.2 Å². The number of fused-ring (bicyclic) bond motifs is 1. The molecule has 0 aliphatic carbocycles. The van der Waals surface area contributed by atoms with Crippen molar-refractivity contribution in [3.05, 3.63) is 90.3 Å². The van der Waals surface area contributed by atoms with Crippen molar-refractivity contribution in [2.45, 2.75) is 11.2 Å². The number of aromatic nitrogens is 4. The Labute approximate surface area is 191 Å². The van der Waals surface area contributed by atoms with E-state index in [0.717, 1.165) is 26.2 Å². The van der Waals surface area contributed by atoms with Gasteiger partial charge in [-0.15, -0.1) is 5.10 Å². The average Bonchev–Trinajstić information content (AvgIpc) is 3.28. The Morgan fingerprint density at radius 1 is 0.906 bits per heavy atom. The fraction of sp³-hybridized carbons (Fsp3) is 0.250. The highest BCUT2D eigenvalue weighted by molar-refractivity contribution is 7.99. The summed E-state index contributed by atoms with van der Waals surface area (Å²) in [5.41, 5.74) is 2.56. The maximum absolute atomic E-state index is 12.8. The molecule has 7 nitrogen and oxygen atoms in total. The molecule has 0 atom stereocenters. The molecule has 1 aliphatic rings.